The molecule has 2 aromatic carbocycles. The molecule has 2 aliphatic heterocycles. The monoisotopic (exact) mass is 548 g/mol. The van der Waals surface area contributed by atoms with Crippen molar-refractivity contribution in [3.8, 4) is 17.3 Å². The quantitative estimate of drug-likeness (QED) is 0.222. The van der Waals surface area contributed by atoms with E-state index in [2.05, 4.69) is 30.7 Å². The molecule has 6 nitrogen and oxygen atoms in total. The van der Waals surface area contributed by atoms with Crippen LogP contribution in [-0.2, 0) is 0 Å². The summed E-state index contributed by atoms with van der Waals surface area (Å²) in [6, 6.07) is 11.7. The number of quaternary nitrogens is 1. The van der Waals surface area contributed by atoms with E-state index in [9.17, 15) is 0 Å². The zero-order chi connectivity index (χ0) is 27.2. The van der Waals surface area contributed by atoms with E-state index in [0.717, 1.165) is 62.2 Å². The van der Waals surface area contributed by atoms with E-state index in [-0.39, 0.29) is 22.8 Å². The van der Waals surface area contributed by atoms with Crippen molar-refractivity contribution in [1.29, 1.82) is 0 Å². The predicted molar refractivity (Wildman–Crippen MR) is 157 cm³/mol. The molecule has 0 N–H and O–H groups in total. The molecular weight excluding hydrogens is 513 g/mol. The minimum atomic E-state index is -0.476. The number of benzene rings is 2. The van der Waals surface area contributed by atoms with Crippen molar-refractivity contribution in [2.75, 3.05) is 39.3 Å². The number of rotatable bonds is 8. The Kier molecular flexibility index (Phi) is 6.94. The van der Waals surface area contributed by atoms with Gasteiger partial charge in [0.1, 0.15) is 23.2 Å². The lowest BCUT2D eigenvalue weighted by Crippen LogP contribution is -2.49. The van der Waals surface area contributed by atoms with Crippen LogP contribution in [0.15, 0.2) is 42.6 Å². The highest BCUT2D eigenvalue weighted by Gasteiger charge is 2.45. The van der Waals surface area contributed by atoms with Crippen LogP contribution >= 0.6 is 11.6 Å². The minimum absolute atomic E-state index is 0.0480. The van der Waals surface area contributed by atoms with Crippen LogP contribution in [0.1, 0.15) is 46.5 Å². The lowest BCUT2D eigenvalue weighted by molar-refractivity contribution is 0.107. The Morgan fingerprint density at radius 3 is 2.38 bits per heavy atom. The van der Waals surface area contributed by atoms with Gasteiger partial charge in [-0.3, -0.25) is 14.4 Å². The second-order valence-electron chi connectivity index (χ2n) is 11.0. The topological polar surface area (TPSA) is 51.1 Å². The van der Waals surface area contributed by atoms with E-state index in [4.69, 9.17) is 26.3 Å². The van der Waals surface area contributed by atoms with E-state index >= 15 is 4.39 Å². The van der Waals surface area contributed by atoms with Crippen molar-refractivity contribution >= 4 is 39.1 Å². The maximum atomic E-state index is 16.6. The molecule has 2 aliphatic rings. The number of ether oxygens (including phenoxy) is 1. The van der Waals surface area contributed by atoms with Crippen molar-refractivity contribution in [1.82, 2.24) is 24.3 Å². The lowest BCUT2D eigenvalue weighted by atomic mass is 9.95. The van der Waals surface area contributed by atoms with Crippen LogP contribution in [0, 0.1) is 5.82 Å². The minimum Gasteiger partial charge on any atom is -0.461 e. The van der Waals surface area contributed by atoms with Gasteiger partial charge in [-0.1, -0.05) is 41.9 Å². The third-order valence-electron chi connectivity index (χ3n) is 9.30. The number of aromatic nitrogens is 3. The highest BCUT2D eigenvalue weighted by molar-refractivity contribution is 6.36. The van der Waals surface area contributed by atoms with Crippen LogP contribution in [0.25, 0.3) is 32.9 Å². The average molecular weight is 549 g/mol. The van der Waals surface area contributed by atoms with Gasteiger partial charge in [0.2, 0.25) is 5.82 Å². The summed E-state index contributed by atoms with van der Waals surface area (Å²) in [5.74, 6) is 0.292. The number of hydrogen-bond acceptors (Lipinski definition) is 5. The summed E-state index contributed by atoms with van der Waals surface area (Å²) < 4.78 is 23.5. The lowest BCUT2D eigenvalue weighted by Gasteiger charge is -2.35. The maximum Gasteiger partial charge on any atom is 0.322 e. The van der Waals surface area contributed by atoms with E-state index in [1.54, 1.807) is 6.20 Å². The van der Waals surface area contributed by atoms with Crippen LogP contribution in [0.3, 0.4) is 0 Å². The number of nitrogens with zero attached hydrogens (tertiary/aromatic N) is 5. The summed E-state index contributed by atoms with van der Waals surface area (Å²) in [5, 5.41) is 2.90. The van der Waals surface area contributed by atoms with Gasteiger partial charge in [0.15, 0.2) is 5.82 Å². The summed E-state index contributed by atoms with van der Waals surface area (Å²) >= 11 is 6.59. The van der Waals surface area contributed by atoms with E-state index < -0.39 is 5.82 Å². The predicted octanol–water partition coefficient (Wildman–Crippen LogP) is 7.01. The molecule has 0 unspecified atom stereocenters. The van der Waals surface area contributed by atoms with Gasteiger partial charge in [0.25, 0.3) is 0 Å². The van der Waals surface area contributed by atoms with E-state index in [0.29, 0.717) is 27.1 Å². The molecular formula is C31H36ClFN5O+. The third-order valence-corrected chi connectivity index (χ3v) is 9.61. The molecule has 4 heterocycles. The van der Waals surface area contributed by atoms with E-state index in [1.807, 2.05) is 36.4 Å². The molecule has 0 radical (unpaired) electrons. The van der Waals surface area contributed by atoms with Crippen molar-refractivity contribution in [2.45, 2.75) is 52.0 Å². The molecule has 2 fully saturated rings. The summed E-state index contributed by atoms with van der Waals surface area (Å²) in [4.78, 5) is 16.9. The first-order chi connectivity index (χ1) is 18.9. The Balaban J connectivity index is 1.52. The fourth-order valence-corrected chi connectivity index (χ4v) is 7.19. The van der Waals surface area contributed by atoms with Gasteiger partial charge in [0.05, 0.1) is 25.2 Å². The zero-order valence-electron chi connectivity index (χ0n) is 23.0. The van der Waals surface area contributed by atoms with Gasteiger partial charge < -0.3 is 4.74 Å². The number of hydrogen-bond donors (Lipinski definition) is 0. The standard InChI is InChI=1S/C31H36ClFN5O/c1-4-38(5-2,6-3)29-23-19-34-27(22-13-7-11-21-12-8-14-24(32)25(21)22)26(33)28(23)35-30(36-29)39-20-31-15-9-17-37(31)18-10-16-31/h7-8,11-14,19H,4-6,9-10,15-18,20H2,1-3H3/q+1. The molecule has 204 valence electrons. The van der Waals surface area contributed by atoms with Crippen LogP contribution in [0.5, 0.6) is 6.01 Å². The van der Waals surface area contributed by atoms with Crippen LogP contribution in [-0.4, -0.2) is 64.7 Å². The van der Waals surface area contributed by atoms with Gasteiger partial charge in [-0.2, -0.15) is 4.98 Å². The summed E-state index contributed by atoms with van der Waals surface area (Å²) in [6.45, 7) is 11.7. The highest BCUT2D eigenvalue weighted by atomic mass is 35.5. The average Bonchev–Trinajstić information content (AvgIpc) is 3.54. The molecule has 8 heteroatoms. The largest absolute Gasteiger partial charge is 0.461 e. The maximum absolute atomic E-state index is 16.6. The Morgan fingerprint density at radius 1 is 1.00 bits per heavy atom. The summed E-state index contributed by atoms with van der Waals surface area (Å²) in [6.07, 6.45) is 6.34. The van der Waals surface area contributed by atoms with Crippen LogP contribution < -0.4 is 9.22 Å². The number of pyridine rings is 1. The normalized spacial score (nSPS) is 17.3. The van der Waals surface area contributed by atoms with Gasteiger partial charge in [-0.25, -0.2) is 4.39 Å². The molecule has 2 aromatic heterocycles. The van der Waals surface area contributed by atoms with Gasteiger partial charge in [-0.15, -0.1) is 4.98 Å². The van der Waals surface area contributed by atoms with Crippen molar-refractivity contribution in [2.24, 2.45) is 0 Å². The van der Waals surface area contributed by atoms with Gasteiger partial charge in [-0.05, 0) is 71.0 Å². The molecule has 0 saturated carbocycles. The van der Waals surface area contributed by atoms with Crippen molar-refractivity contribution < 1.29 is 9.13 Å². The molecule has 0 atom stereocenters. The Bertz CT molecular complexity index is 1520. The first kappa shape index (κ1) is 26.4. The number of fused-ring (bicyclic) bond motifs is 3. The molecule has 2 saturated heterocycles. The third kappa shape index (κ3) is 4.26. The first-order valence-electron chi connectivity index (χ1n) is 14.2. The first-order valence-corrected chi connectivity index (χ1v) is 14.6. The second-order valence-corrected chi connectivity index (χ2v) is 11.4. The second kappa shape index (κ2) is 10.3. The van der Waals surface area contributed by atoms with E-state index in [1.165, 1.54) is 12.8 Å². The SMILES string of the molecule is CC[N+](CC)(CC)c1nc(OCC23CCCN2CCC3)nc2c(F)c(-c3cccc4cccc(Cl)c34)ncc12. The van der Waals surface area contributed by atoms with Crippen LogP contribution in [0.2, 0.25) is 5.02 Å². The Labute approximate surface area is 234 Å². The summed E-state index contributed by atoms with van der Waals surface area (Å²) in [5.41, 5.74) is 1.17. The smallest absolute Gasteiger partial charge is 0.322 e. The van der Waals surface area contributed by atoms with Crippen molar-refractivity contribution in [3.63, 3.8) is 0 Å². The highest BCUT2D eigenvalue weighted by Crippen LogP contribution is 2.41. The van der Waals surface area contributed by atoms with Gasteiger partial charge >= 0.3 is 6.01 Å². The van der Waals surface area contributed by atoms with Crippen LogP contribution in [0.4, 0.5) is 10.2 Å². The molecule has 4 aromatic rings. The molecule has 39 heavy (non-hydrogen) atoms. The fourth-order valence-electron chi connectivity index (χ4n) is 6.91. The fraction of sp³-hybridized carbons (Fsp3) is 0.452. The molecule has 0 aliphatic carbocycles. The number of halogens is 2. The molecule has 0 spiro atoms. The zero-order valence-corrected chi connectivity index (χ0v) is 23.8. The van der Waals surface area contributed by atoms with Crippen molar-refractivity contribution in [3.05, 3.63) is 53.4 Å². The Morgan fingerprint density at radius 2 is 1.69 bits per heavy atom. The molecule has 0 amide bonds. The molecule has 0 bridgehead atoms. The van der Waals surface area contributed by atoms with Gasteiger partial charge in [0, 0.05) is 22.2 Å². The molecule has 6 rings (SSSR count). The summed E-state index contributed by atoms with van der Waals surface area (Å²) in [7, 11) is 0. The Hall–Kier alpha value is -2.87.